The first-order valence-corrected chi connectivity index (χ1v) is 5.95. The van der Waals surface area contributed by atoms with E-state index in [9.17, 15) is 9.59 Å². The Bertz CT molecular complexity index is 405. The summed E-state index contributed by atoms with van der Waals surface area (Å²) in [5, 5.41) is 22.4. The lowest BCUT2D eigenvalue weighted by Gasteiger charge is -2.12. The molecule has 0 saturated carbocycles. The highest BCUT2D eigenvalue weighted by molar-refractivity contribution is 7.09. The van der Waals surface area contributed by atoms with Gasteiger partial charge in [0.15, 0.2) is 0 Å². The summed E-state index contributed by atoms with van der Waals surface area (Å²) >= 11 is 1.43. The Morgan fingerprint density at radius 3 is 2.76 bits per heavy atom. The van der Waals surface area contributed by atoms with Crippen LogP contribution in [-0.4, -0.2) is 39.7 Å². The van der Waals surface area contributed by atoms with E-state index in [1.807, 2.05) is 6.92 Å². The minimum atomic E-state index is -1.15. The molecule has 0 radical (unpaired) electrons. The van der Waals surface area contributed by atoms with Crippen LogP contribution in [0.15, 0.2) is 5.38 Å². The summed E-state index contributed by atoms with van der Waals surface area (Å²) in [6, 6.07) is -1.05. The lowest BCUT2D eigenvalue weighted by atomic mass is 10.2. The number of aliphatic hydroxyl groups is 1. The van der Waals surface area contributed by atoms with Crippen LogP contribution in [0.1, 0.15) is 17.1 Å². The summed E-state index contributed by atoms with van der Waals surface area (Å²) in [6.07, 6.45) is 0.0523. The van der Waals surface area contributed by atoms with Crippen molar-refractivity contribution >= 4 is 23.2 Å². The van der Waals surface area contributed by atoms with Crippen molar-refractivity contribution in [2.75, 3.05) is 6.61 Å². The van der Waals surface area contributed by atoms with Crippen molar-refractivity contribution in [3.05, 3.63) is 16.1 Å². The highest BCUT2D eigenvalue weighted by Crippen LogP contribution is 2.08. The molecule has 1 heterocycles. The minimum absolute atomic E-state index is 0.00281. The van der Waals surface area contributed by atoms with E-state index in [-0.39, 0.29) is 19.4 Å². The molecule has 1 atom stereocenters. The molecule has 1 aromatic heterocycles. The van der Waals surface area contributed by atoms with E-state index in [0.29, 0.717) is 5.69 Å². The molecule has 0 aliphatic rings. The number of carbonyl (C=O) groups is 2. The fourth-order valence-electron chi connectivity index (χ4n) is 1.29. The van der Waals surface area contributed by atoms with Crippen LogP contribution in [-0.2, 0) is 16.0 Å². The minimum Gasteiger partial charge on any atom is -0.480 e. The first-order chi connectivity index (χ1) is 8.02. The molecule has 1 aromatic rings. The molecule has 94 valence electrons. The SMILES string of the molecule is Cc1nc(CC(=O)NC(CCO)C(=O)O)cs1. The van der Waals surface area contributed by atoms with E-state index in [4.69, 9.17) is 10.2 Å². The van der Waals surface area contributed by atoms with Crippen LogP contribution in [0.3, 0.4) is 0 Å². The number of nitrogens with one attached hydrogen (secondary N) is 1. The smallest absolute Gasteiger partial charge is 0.326 e. The van der Waals surface area contributed by atoms with Gasteiger partial charge in [0.2, 0.25) is 5.91 Å². The number of aromatic nitrogens is 1. The molecule has 0 spiro atoms. The predicted molar refractivity (Wildman–Crippen MR) is 61.8 cm³/mol. The largest absolute Gasteiger partial charge is 0.480 e. The molecule has 1 amide bonds. The van der Waals surface area contributed by atoms with E-state index in [1.54, 1.807) is 5.38 Å². The second-order valence-corrected chi connectivity index (χ2v) is 4.57. The maximum Gasteiger partial charge on any atom is 0.326 e. The van der Waals surface area contributed by atoms with Crippen molar-refractivity contribution in [2.45, 2.75) is 25.8 Å². The van der Waals surface area contributed by atoms with Gasteiger partial charge >= 0.3 is 5.97 Å². The lowest BCUT2D eigenvalue weighted by molar-refractivity contribution is -0.142. The quantitative estimate of drug-likeness (QED) is 0.664. The Balaban J connectivity index is 2.50. The van der Waals surface area contributed by atoms with Crippen LogP contribution < -0.4 is 5.32 Å². The third-order valence-electron chi connectivity index (χ3n) is 2.06. The van der Waals surface area contributed by atoms with Gasteiger partial charge in [0.25, 0.3) is 0 Å². The molecule has 0 bridgehead atoms. The number of hydrogen-bond donors (Lipinski definition) is 3. The van der Waals surface area contributed by atoms with Crippen LogP contribution >= 0.6 is 11.3 Å². The molecular formula is C10H14N2O4S. The van der Waals surface area contributed by atoms with Gasteiger partial charge in [0, 0.05) is 18.4 Å². The van der Waals surface area contributed by atoms with E-state index in [2.05, 4.69) is 10.3 Å². The van der Waals surface area contributed by atoms with Crippen molar-refractivity contribution in [3.8, 4) is 0 Å². The summed E-state index contributed by atoms with van der Waals surface area (Å²) in [7, 11) is 0. The zero-order valence-electron chi connectivity index (χ0n) is 9.34. The van der Waals surface area contributed by atoms with Gasteiger partial charge in [0.05, 0.1) is 17.1 Å². The predicted octanol–water partition coefficient (Wildman–Crippen LogP) is -0.0542. The maximum absolute atomic E-state index is 11.5. The number of aliphatic carboxylic acids is 1. The van der Waals surface area contributed by atoms with Gasteiger partial charge < -0.3 is 15.5 Å². The fraction of sp³-hybridized carbons (Fsp3) is 0.500. The highest BCUT2D eigenvalue weighted by atomic mass is 32.1. The summed E-state index contributed by atoms with van der Waals surface area (Å²) in [5.74, 6) is -1.56. The molecule has 0 saturated heterocycles. The van der Waals surface area contributed by atoms with Gasteiger partial charge in [-0.1, -0.05) is 0 Å². The van der Waals surface area contributed by atoms with Gasteiger partial charge in [-0.3, -0.25) is 4.79 Å². The Labute approximate surface area is 102 Å². The van der Waals surface area contributed by atoms with Gasteiger partial charge in [-0.2, -0.15) is 0 Å². The first kappa shape index (κ1) is 13.6. The maximum atomic E-state index is 11.5. The number of carboxylic acid groups (broad SMARTS) is 1. The van der Waals surface area contributed by atoms with Crippen LogP contribution in [0.25, 0.3) is 0 Å². The number of aliphatic hydroxyl groups excluding tert-OH is 1. The molecule has 0 aliphatic carbocycles. The second-order valence-electron chi connectivity index (χ2n) is 3.51. The van der Waals surface area contributed by atoms with Crippen LogP contribution in [0.4, 0.5) is 0 Å². The Hall–Kier alpha value is -1.47. The van der Waals surface area contributed by atoms with Gasteiger partial charge in [-0.25, -0.2) is 9.78 Å². The number of thiazole rings is 1. The molecule has 0 aliphatic heterocycles. The summed E-state index contributed by atoms with van der Waals surface area (Å²) in [4.78, 5) is 26.4. The number of nitrogens with zero attached hydrogens (tertiary/aromatic N) is 1. The number of rotatable bonds is 6. The van der Waals surface area contributed by atoms with E-state index in [0.717, 1.165) is 5.01 Å². The van der Waals surface area contributed by atoms with Crippen molar-refractivity contribution in [1.29, 1.82) is 0 Å². The molecule has 17 heavy (non-hydrogen) atoms. The van der Waals surface area contributed by atoms with Crippen molar-refractivity contribution in [1.82, 2.24) is 10.3 Å². The van der Waals surface area contributed by atoms with Crippen LogP contribution in [0.5, 0.6) is 0 Å². The zero-order chi connectivity index (χ0) is 12.8. The van der Waals surface area contributed by atoms with Gasteiger partial charge in [0.1, 0.15) is 6.04 Å². The van der Waals surface area contributed by atoms with Crippen molar-refractivity contribution in [3.63, 3.8) is 0 Å². The Morgan fingerprint density at radius 2 is 2.29 bits per heavy atom. The number of carbonyl (C=O) groups excluding carboxylic acids is 1. The Kier molecular flexibility index (Phi) is 5.05. The number of carboxylic acids is 1. The molecule has 0 fully saturated rings. The number of amides is 1. The molecular weight excluding hydrogens is 244 g/mol. The van der Waals surface area contributed by atoms with Crippen molar-refractivity contribution in [2.24, 2.45) is 0 Å². The molecule has 7 heteroatoms. The topological polar surface area (TPSA) is 99.5 Å². The van der Waals surface area contributed by atoms with Crippen molar-refractivity contribution < 1.29 is 19.8 Å². The third kappa shape index (κ3) is 4.49. The molecule has 0 aromatic carbocycles. The van der Waals surface area contributed by atoms with Gasteiger partial charge in [-0.05, 0) is 6.92 Å². The zero-order valence-corrected chi connectivity index (χ0v) is 10.2. The lowest BCUT2D eigenvalue weighted by Crippen LogP contribution is -2.42. The van der Waals surface area contributed by atoms with E-state index >= 15 is 0 Å². The second kappa shape index (κ2) is 6.31. The molecule has 1 rings (SSSR count). The highest BCUT2D eigenvalue weighted by Gasteiger charge is 2.19. The number of hydrogen-bond acceptors (Lipinski definition) is 5. The van der Waals surface area contributed by atoms with E-state index < -0.39 is 17.9 Å². The standard InChI is InChI=1S/C10H14N2O4S/c1-6-11-7(5-17-6)4-9(14)12-8(2-3-13)10(15)16/h5,8,13H,2-4H2,1H3,(H,12,14)(H,15,16). The van der Waals surface area contributed by atoms with Gasteiger partial charge in [-0.15, -0.1) is 11.3 Å². The summed E-state index contributed by atoms with van der Waals surface area (Å²) in [6.45, 7) is 1.55. The Morgan fingerprint density at radius 1 is 1.59 bits per heavy atom. The van der Waals surface area contributed by atoms with Crippen LogP contribution in [0, 0.1) is 6.92 Å². The molecule has 6 nitrogen and oxygen atoms in total. The molecule has 3 N–H and O–H groups in total. The fourth-order valence-corrected chi connectivity index (χ4v) is 1.90. The monoisotopic (exact) mass is 258 g/mol. The van der Waals surface area contributed by atoms with E-state index in [1.165, 1.54) is 11.3 Å². The molecule has 1 unspecified atom stereocenters. The average Bonchev–Trinajstić information content (AvgIpc) is 2.63. The average molecular weight is 258 g/mol. The summed E-state index contributed by atoms with van der Waals surface area (Å²) < 4.78 is 0. The first-order valence-electron chi connectivity index (χ1n) is 5.07. The third-order valence-corrected chi connectivity index (χ3v) is 2.88. The normalized spacial score (nSPS) is 12.1. The van der Waals surface area contributed by atoms with Crippen LogP contribution in [0.2, 0.25) is 0 Å². The summed E-state index contributed by atoms with van der Waals surface area (Å²) in [5.41, 5.74) is 0.623. The number of aryl methyl sites for hydroxylation is 1.